The van der Waals surface area contributed by atoms with Crippen molar-refractivity contribution in [1.29, 1.82) is 0 Å². The quantitative estimate of drug-likeness (QED) is 0.641. The molecule has 10 nitrogen and oxygen atoms in total. The number of halogens is 3. The van der Waals surface area contributed by atoms with Crippen LogP contribution in [0, 0.1) is 6.92 Å². The highest BCUT2D eigenvalue weighted by Crippen LogP contribution is 2.27. The number of piperazine rings is 1. The molecule has 0 radical (unpaired) electrons. The first kappa shape index (κ1) is 20.8. The molecule has 1 aliphatic heterocycles. The van der Waals surface area contributed by atoms with Gasteiger partial charge in [0.2, 0.25) is 11.9 Å². The first-order valence-corrected chi connectivity index (χ1v) is 9.66. The highest BCUT2D eigenvalue weighted by atomic mass is 19.4. The Morgan fingerprint density at radius 1 is 1.13 bits per heavy atom. The van der Waals surface area contributed by atoms with Crippen molar-refractivity contribution in [3.05, 3.63) is 36.0 Å². The van der Waals surface area contributed by atoms with Gasteiger partial charge >= 0.3 is 6.18 Å². The van der Waals surface area contributed by atoms with Crippen LogP contribution in [0.3, 0.4) is 0 Å². The number of carbonyl (C=O) groups is 1. The molecule has 0 saturated carbocycles. The highest BCUT2D eigenvalue weighted by molar-refractivity contribution is 5.77. The number of nitrogens with one attached hydrogen (secondary N) is 1. The molecule has 0 unspecified atom stereocenters. The summed E-state index contributed by atoms with van der Waals surface area (Å²) in [5.74, 6) is -0.521. The molecule has 0 spiro atoms. The van der Waals surface area contributed by atoms with Gasteiger partial charge in [0, 0.05) is 63.3 Å². The monoisotopic (exact) mass is 435 g/mol. The van der Waals surface area contributed by atoms with Crippen LogP contribution >= 0.6 is 0 Å². The van der Waals surface area contributed by atoms with Gasteiger partial charge in [-0.15, -0.1) is 5.10 Å². The second kappa shape index (κ2) is 8.32. The van der Waals surface area contributed by atoms with Gasteiger partial charge in [0.25, 0.3) is 11.6 Å². The van der Waals surface area contributed by atoms with Crippen molar-refractivity contribution >= 4 is 23.5 Å². The van der Waals surface area contributed by atoms with Gasteiger partial charge in [-0.2, -0.15) is 22.7 Å². The van der Waals surface area contributed by atoms with E-state index in [9.17, 15) is 18.0 Å². The van der Waals surface area contributed by atoms with Gasteiger partial charge in [-0.1, -0.05) is 0 Å². The van der Waals surface area contributed by atoms with E-state index in [0.29, 0.717) is 43.6 Å². The van der Waals surface area contributed by atoms with E-state index in [-0.39, 0.29) is 24.7 Å². The van der Waals surface area contributed by atoms with Crippen molar-refractivity contribution in [2.45, 2.75) is 19.5 Å². The third kappa shape index (κ3) is 4.64. The smallest absolute Gasteiger partial charge is 0.369 e. The maximum atomic E-state index is 12.9. The number of amides is 1. The Labute approximate surface area is 175 Å². The van der Waals surface area contributed by atoms with Crippen molar-refractivity contribution in [1.82, 2.24) is 34.4 Å². The topological polar surface area (TPSA) is 104 Å². The molecule has 4 rings (SSSR count). The maximum Gasteiger partial charge on any atom is 0.453 e. The summed E-state index contributed by atoms with van der Waals surface area (Å²) in [6.45, 7) is 4.25. The Bertz CT molecular complexity index is 1060. The second-order valence-electron chi connectivity index (χ2n) is 7.02. The molecular formula is C18H20F3N9O. The Morgan fingerprint density at radius 3 is 2.52 bits per heavy atom. The van der Waals surface area contributed by atoms with Crippen molar-refractivity contribution in [3.63, 3.8) is 0 Å². The molecule has 0 atom stereocenters. The van der Waals surface area contributed by atoms with Crippen LogP contribution in [0.25, 0.3) is 5.78 Å². The third-order valence-electron chi connectivity index (χ3n) is 4.81. The minimum Gasteiger partial charge on any atom is -0.369 e. The number of hydrogen-bond donors (Lipinski definition) is 1. The number of aromatic nitrogens is 6. The summed E-state index contributed by atoms with van der Waals surface area (Å²) in [5, 5.41) is 6.47. The largest absolute Gasteiger partial charge is 0.453 e. The summed E-state index contributed by atoms with van der Waals surface area (Å²) in [4.78, 5) is 32.2. The number of nitrogens with zero attached hydrogens (tertiary/aromatic N) is 8. The molecular weight excluding hydrogens is 415 g/mol. The third-order valence-corrected chi connectivity index (χ3v) is 4.81. The van der Waals surface area contributed by atoms with Crippen LogP contribution in [0.4, 0.5) is 24.9 Å². The number of hydrogen-bond acceptors (Lipinski definition) is 8. The molecule has 4 heterocycles. The summed E-state index contributed by atoms with van der Waals surface area (Å²) in [6.07, 6.45) is -1.13. The average molecular weight is 435 g/mol. The van der Waals surface area contributed by atoms with Crippen LogP contribution in [-0.2, 0) is 11.0 Å². The van der Waals surface area contributed by atoms with E-state index in [1.54, 1.807) is 36.4 Å². The Hall–Kier alpha value is -3.51. The zero-order valence-corrected chi connectivity index (χ0v) is 16.7. The van der Waals surface area contributed by atoms with Crippen molar-refractivity contribution in [2.24, 2.45) is 0 Å². The summed E-state index contributed by atoms with van der Waals surface area (Å²) >= 11 is 0. The molecule has 3 aromatic rings. The molecule has 1 aliphatic rings. The van der Waals surface area contributed by atoms with E-state index in [1.807, 2.05) is 4.90 Å². The van der Waals surface area contributed by atoms with Crippen LogP contribution in [0.5, 0.6) is 0 Å². The lowest BCUT2D eigenvalue weighted by Crippen LogP contribution is -2.49. The summed E-state index contributed by atoms with van der Waals surface area (Å²) in [5.41, 5.74) is 0.488. The number of carbonyl (C=O) groups excluding carboxylic acids is 1. The van der Waals surface area contributed by atoms with Gasteiger partial charge in [-0.3, -0.25) is 4.79 Å². The van der Waals surface area contributed by atoms with E-state index in [0.717, 1.165) is 4.52 Å². The van der Waals surface area contributed by atoms with Gasteiger partial charge in [0.1, 0.15) is 5.82 Å². The predicted molar refractivity (Wildman–Crippen MR) is 104 cm³/mol. The maximum absolute atomic E-state index is 12.9. The van der Waals surface area contributed by atoms with Gasteiger partial charge in [-0.05, 0) is 13.0 Å². The zero-order valence-electron chi connectivity index (χ0n) is 16.7. The highest BCUT2D eigenvalue weighted by Gasteiger charge is 2.36. The fourth-order valence-electron chi connectivity index (χ4n) is 3.30. The van der Waals surface area contributed by atoms with Crippen molar-refractivity contribution in [2.75, 3.05) is 42.9 Å². The molecule has 1 N–H and O–H groups in total. The number of aryl methyl sites for hydroxylation is 1. The van der Waals surface area contributed by atoms with E-state index in [4.69, 9.17) is 0 Å². The van der Waals surface area contributed by atoms with E-state index < -0.39 is 12.0 Å². The standard InChI is InChI=1S/C18H20F3N9O/c1-12-11-13(30-17(25-12)26-15(27-30)18(19,20)21)22-6-3-14(31)28-7-9-29(10-8-28)16-23-4-2-5-24-16/h2,4-5,11,22H,3,6-10H2,1H3. The lowest BCUT2D eigenvalue weighted by atomic mass is 10.3. The average Bonchev–Trinajstić information content (AvgIpc) is 3.19. The first-order valence-electron chi connectivity index (χ1n) is 9.66. The molecule has 1 fully saturated rings. The number of fused-ring (bicyclic) bond motifs is 1. The molecule has 3 aromatic heterocycles. The first-order chi connectivity index (χ1) is 14.8. The molecule has 0 aliphatic carbocycles. The predicted octanol–water partition coefficient (Wildman–Crippen LogP) is 1.39. The SMILES string of the molecule is Cc1cc(NCCC(=O)N2CCN(c3ncccn3)CC2)n2nc(C(F)(F)F)nc2n1. The van der Waals surface area contributed by atoms with Crippen LogP contribution in [0.2, 0.25) is 0 Å². The van der Waals surface area contributed by atoms with Gasteiger partial charge in [0.05, 0.1) is 0 Å². The molecule has 164 valence electrons. The number of alkyl halides is 3. The van der Waals surface area contributed by atoms with E-state index in [2.05, 4.69) is 30.4 Å². The molecule has 31 heavy (non-hydrogen) atoms. The molecule has 0 bridgehead atoms. The Morgan fingerprint density at radius 2 is 1.84 bits per heavy atom. The Kier molecular flexibility index (Phi) is 5.57. The summed E-state index contributed by atoms with van der Waals surface area (Å²) < 4.78 is 39.7. The normalized spacial score (nSPS) is 14.8. The van der Waals surface area contributed by atoms with Gasteiger partial charge in [-0.25, -0.2) is 15.0 Å². The zero-order chi connectivity index (χ0) is 22.0. The minimum absolute atomic E-state index is 0.0438. The van der Waals surface area contributed by atoms with Gasteiger partial charge < -0.3 is 15.1 Å². The minimum atomic E-state index is -4.66. The van der Waals surface area contributed by atoms with Gasteiger partial charge in [0.15, 0.2) is 0 Å². The molecule has 13 heteroatoms. The van der Waals surface area contributed by atoms with Crippen molar-refractivity contribution < 1.29 is 18.0 Å². The van der Waals surface area contributed by atoms with Crippen LogP contribution < -0.4 is 10.2 Å². The lowest BCUT2D eigenvalue weighted by Gasteiger charge is -2.34. The van der Waals surface area contributed by atoms with Crippen molar-refractivity contribution in [3.8, 4) is 0 Å². The fourth-order valence-corrected chi connectivity index (χ4v) is 3.30. The summed E-state index contributed by atoms with van der Waals surface area (Å²) in [6, 6.07) is 3.31. The van der Waals surface area contributed by atoms with Crippen LogP contribution in [0.1, 0.15) is 17.9 Å². The number of anilines is 2. The van der Waals surface area contributed by atoms with Crippen LogP contribution in [0.15, 0.2) is 24.5 Å². The molecule has 0 aromatic carbocycles. The number of rotatable bonds is 5. The lowest BCUT2D eigenvalue weighted by molar-refractivity contribution is -0.144. The Balaban J connectivity index is 1.34. The summed E-state index contributed by atoms with van der Waals surface area (Å²) in [7, 11) is 0. The molecule has 1 amide bonds. The van der Waals surface area contributed by atoms with E-state index >= 15 is 0 Å². The second-order valence-corrected chi connectivity index (χ2v) is 7.02. The fraction of sp³-hybridized carbons (Fsp3) is 0.444. The molecule has 1 saturated heterocycles. The van der Waals surface area contributed by atoms with Crippen LogP contribution in [-0.4, -0.2) is 73.1 Å². The van der Waals surface area contributed by atoms with E-state index in [1.165, 1.54) is 0 Å².